The quantitative estimate of drug-likeness (QED) is 0.137. The van der Waals surface area contributed by atoms with E-state index in [4.69, 9.17) is 27.4 Å². The summed E-state index contributed by atoms with van der Waals surface area (Å²) in [6, 6.07) is -6.08. The summed E-state index contributed by atoms with van der Waals surface area (Å²) < 4.78 is 0. The van der Waals surface area contributed by atoms with Crippen molar-refractivity contribution in [1.82, 2.24) is 16.0 Å². The topological polar surface area (TPSA) is 274 Å². The highest BCUT2D eigenvalue weighted by Crippen LogP contribution is 1.99. The van der Waals surface area contributed by atoms with E-state index >= 15 is 0 Å². The van der Waals surface area contributed by atoms with Crippen molar-refractivity contribution in [2.45, 2.75) is 50.4 Å². The molecule has 11 N–H and O–H groups in total. The minimum absolute atomic E-state index is 0.691. The predicted molar refractivity (Wildman–Crippen MR) is 97.0 cm³/mol. The maximum Gasteiger partial charge on any atom is 0.326 e. The number of aliphatic carboxylic acids is 2. The Hall–Kier alpha value is -3.75. The smallest absolute Gasteiger partial charge is 0.326 e. The van der Waals surface area contributed by atoms with Crippen LogP contribution in [0.4, 0.5) is 0 Å². The Morgan fingerprint density at radius 1 is 0.733 bits per heavy atom. The van der Waals surface area contributed by atoms with E-state index in [1.165, 1.54) is 6.92 Å². The molecule has 0 rings (SSSR count). The second-order valence-electron chi connectivity index (χ2n) is 6.24. The lowest BCUT2D eigenvalue weighted by Gasteiger charge is -2.22. The van der Waals surface area contributed by atoms with Gasteiger partial charge in [0.2, 0.25) is 29.5 Å². The van der Waals surface area contributed by atoms with Crippen LogP contribution in [0, 0.1) is 0 Å². The SMILES string of the molecule is CC(NC(=O)C(N)CC(=O)O)C(=O)NC(CC(N)=O)C(=O)NC(CC(N)=O)C(=O)O. The summed E-state index contributed by atoms with van der Waals surface area (Å²) in [5.74, 6) is -8.03. The number of rotatable bonds is 13. The highest BCUT2D eigenvalue weighted by atomic mass is 16.4. The van der Waals surface area contributed by atoms with Gasteiger partial charge in [-0.1, -0.05) is 0 Å². The van der Waals surface area contributed by atoms with Crippen molar-refractivity contribution in [2.75, 3.05) is 0 Å². The van der Waals surface area contributed by atoms with Crippen LogP contribution in [0.25, 0.3) is 0 Å². The van der Waals surface area contributed by atoms with Crippen LogP contribution >= 0.6 is 0 Å². The molecule has 0 spiro atoms. The molecule has 0 fully saturated rings. The van der Waals surface area contributed by atoms with Gasteiger partial charge in [-0.2, -0.15) is 0 Å². The lowest BCUT2D eigenvalue weighted by molar-refractivity contribution is -0.144. The van der Waals surface area contributed by atoms with E-state index in [1.54, 1.807) is 0 Å². The Bertz CT molecular complexity index is 725. The average Bonchev–Trinajstić information content (AvgIpc) is 2.58. The van der Waals surface area contributed by atoms with E-state index in [0.717, 1.165) is 0 Å². The molecule has 0 aromatic heterocycles. The first kappa shape index (κ1) is 26.2. The maximum atomic E-state index is 12.3. The average molecular weight is 432 g/mol. The van der Waals surface area contributed by atoms with Crippen molar-refractivity contribution in [1.29, 1.82) is 0 Å². The molecule has 168 valence electrons. The molecule has 4 unspecified atom stereocenters. The molecular formula is C15H24N6O9. The van der Waals surface area contributed by atoms with Crippen molar-refractivity contribution in [3.05, 3.63) is 0 Å². The van der Waals surface area contributed by atoms with Crippen molar-refractivity contribution < 1.29 is 43.8 Å². The third kappa shape index (κ3) is 9.98. The minimum atomic E-state index is -1.71. The van der Waals surface area contributed by atoms with Gasteiger partial charge in [0.05, 0.1) is 25.3 Å². The van der Waals surface area contributed by atoms with Crippen molar-refractivity contribution in [3.8, 4) is 0 Å². The number of primary amides is 2. The molecule has 0 radical (unpaired) electrons. The van der Waals surface area contributed by atoms with Gasteiger partial charge in [0, 0.05) is 0 Å². The normalized spacial score (nSPS) is 14.3. The van der Waals surface area contributed by atoms with E-state index < -0.39 is 84.9 Å². The van der Waals surface area contributed by atoms with Crippen LogP contribution in [0.1, 0.15) is 26.2 Å². The summed E-state index contributed by atoms with van der Waals surface area (Å²) in [7, 11) is 0. The fourth-order valence-corrected chi connectivity index (χ4v) is 2.05. The van der Waals surface area contributed by atoms with Gasteiger partial charge in [0.1, 0.15) is 18.1 Å². The van der Waals surface area contributed by atoms with Crippen molar-refractivity contribution in [2.24, 2.45) is 17.2 Å². The maximum absolute atomic E-state index is 12.3. The first-order chi connectivity index (χ1) is 13.7. The first-order valence-electron chi connectivity index (χ1n) is 8.42. The molecule has 15 nitrogen and oxygen atoms in total. The van der Waals surface area contributed by atoms with E-state index in [1.807, 2.05) is 5.32 Å². The Labute approximate surface area is 169 Å². The van der Waals surface area contributed by atoms with E-state index in [2.05, 4.69) is 10.6 Å². The number of amides is 5. The van der Waals surface area contributed by atoms with Gasteiger partial charge in [-0.3, -0.25) is 28.8 Å². The molecule has 30 heavy (non-hydrogen) atoms. The largest absolute Gasteiger partial charge is 0.481 e. The van der Waals surface area contributed by atoms with Crippen LogP contribution in [-0.2, 0) is 33.6 Å². The zero-order valence-corrected chi connectivity index (χ0v) is 15.9. The van der Waals surface area contributed by atoms with Gasteiger partial charge in [0.15, 0.2) is 0 Å². The lowest BCUT2D eigenvalue weighted by Crippen LogP contribution is -2.57. The highest BCUT2D eigenvalue weighted by molar-refractivity contribution is 5.96. The molecule has 4 atom stereocenters. The number of carboxylic acids is 2. The third-order valence-corrected chi connectivity index (χ3v) is 3.54. The molecule has 0 saturated heterocycles. The van der Waals surface area contributed by atoms with Gasteiger partial charge < -0.3 is 43.4 Å². The molecule has 0 aliphatic carbocycles. The monoisotopic (exact) mass is 432 g/mol. The van der Waals surface area contributed by atoms with Gasteiger partial charge in [-0.15, -0.1) is 0 Å². The number of nitrogens with two attached hydrogens (primary N) is 3. The minimum Gasteiger partial charge on any atom is -0.481 e. The Morgan fingerprint density at radius 3 is 1.63 bits per heavy atom. The summed E-state index contributed by atoms with van der Waals surface area (Å²) in [6.07, 6.45) is -2.16. The zero-order valence-electron chi connectivity index (χ0n) is 15.9. The van der Waals surface area contributed by atoms with E-state index in [9.17, 15) is 33.6 Å². The molecule has 0 bridgehead atoms. The summed E-state index contributed by atoms with van der Waals surface area (Å²) in [4.78, 5) is 80.0. The molecule has 0 aromatic rings. The summed E-state index contributed by atoms with van der Waals surface area (Å²) >= 11 is 0. The van der Waals surface area contributed by atoms with Crippen LogP contribution in [0.3, 0.4) is 0 Å². The number of carbonyl (C=O) groups excluding carboxylic acids is 5. The lowest BCUT2D eigenvalue weighted by atomic mass is 10.1. The molecule has 0 heterocycles. The summed E-state index contributed by atoms with van der Waals surface area (Å²) in [6.45, 7) is 1.19. The van der Waals surface area contributed by atoms with Crippen molar-refractivity contribution in [3.63, 3.8) is 0 Å². The van der Waals surface area contributed by atoms with Gasteiger partial charge >= 0.3 is 11.9 Å². The van der Waals surface area contributed by atoms with Crippen molar-refractivity contribution >= 4 is 41.5 Å². The second kappa shape index (κ2) is 11.9. The number of hydrogen-bond acceptors (Lipinski definition) is 8. The highest BCUT2D eigenvalue weighted by Gasteiger charge is 2.30. The molecule has 0 aromatic carbocycles. The zero-order chi connectivity index (χ0) is 23.6. The number of carbonyl (C=O) groups is 7. The van der Waals surface area contributed by atoms with Crippen LogP contribution in [0.5, 0.6) is 0 Å². The fourth-order valence-electron chi connectivity index (χ4n) is 2.05. The third-order valence-electron chi connectivity index (χ3n) is 3.54. The standard InChI is InChI=1S/C15H24N6O9/c1-5(19-13(27)6(16)2-11(24)25)12(26)20-7(3-9(17)22)14(28)21-8(15(29)30)4-10(18)23/h5-8H,2-4,16H2,1H3,(H2,17,22)(H2,18,23)(H,19,27)(H,20,26)(H,21,28)(H,24,25)(H,29,30). The van der Waals surface area contributed by atoms with Gasteiger partial charge in [-0.25, -0.2) is 4.79 Å². The Balaban J connectivity index is 5.16. The molecule has 0 aliphatic rings. The van der Waals surface area contributed by atoms with Crippen LogP contribution in [-0.4, -0.2) is 75.9 Å². The molecule has 15 heteroatoms. The molecule has 0 aliphatic heterocycles. The second-order valence-corrected chi connectivity index (χ2v) is 6.24. The predicted octanol–water partition coefficient (Wildman–Crippen LogP) is -4.90. The molecule has 0 saturated carbocycles. The number of carboxylic acid groups (broad SMARTS) is 2. The Morgan fingerprint density at radius 2 is 1.20 bits per heavy atom. The molecular weight excluding hydrogens is 408 g/mol. The first-order valence-corrected chi connectivity index (χ1v) is 8.42. The number of hydrogen-bond donors (Lipinski definition) is 8. The van der Waals surface area contributed by atoms with E-state index in [-0.39, 0.29) is 0 Å². The van der Waals surface area contributed by atoms with Crippen LogP contribution in [0.15, 0.2) is 0 Å². The van der Waals surface area contributed by atoms with Gasteiger partial charge in [0.25, 0.3) is 0 Å². The van der Waals surface area contributed by atoms with E-state index in [0.29, 0.717) is 0 Å². The molecule has 5 amide bonds. The Kier molecular flexibility index (Phi) is 10.5. The summed E-state index contributed by atoms with van der Waals surface area (Å²) in [5, 5.41) is 23.8. The van der Waals surface area contributed by atoms with Crippen LogP contribution < -0.4 is 33.2 Å². The van der Waals surface area contributed by atoms with Crippen LogP contribution in [0.2, 0.25) is 0 Å². The fraction of sp³-hybridized carbons (Fsp3) is 0.533. The number of nitrogens with one attached hydrogen (secondary N) is 3. The van der Waals surface area contributed by atoms with Gasteiger partial charge in [-0.05, 0) is 6.92 Å². The summed E-state index contributed by atoms with van der Waals surface area (Å²) in [5.41, 5.74) is 15.3.